The molecule has 72 valence electrons. The summed E-state index contributed by atoms with van der Waals surface area (Å²) in [6.07, 6.45) is 0. The van der Waals surface area contributed by atoms with Crippen LogP contribution in [0.5, 0.6) is 0 Å². The molecule has 0 unspecified atom stereocenters. The fraction of sp³-hybridized carbons (Fsp3) is 0.111. The van der Waals surface area contributed by atoms with Crippen LogP contribution in [0.2, 0.25) is 5.15 Å². The van der Waals surface area contributed by atoms with Crippen molar-refractivity contribution < 1.29 is 0 Å². The van der Waals surface area contributed by atoms with Gasteiger partial charge in [-0.1, -0.05) is 27.5 Å². The van der Waals surface area contributed by atoms with Crippen LogP contribution < -0.4 is 5.73 Å². The third-order valence-corrected chi connectivity index (χ3v) is 2.64. The van der Waals surface area contributed by atoms with Crippen molar-refractivity contribution in [2.45, 2.75) is 6.54 Å². The highest BCUT2D eigenvalue weighted by Gasteiger charge is 2.04. The quantitative estimate of drug-likeness (QED) is 0.868. The van der Waals surface area contributed by atoms with Gasteiger partial charge in [-0.05, 0) is 18.2 Å². The summed E-state index contributed by atoms with van der Waals surface area (Å²) in [4.78, 5) is 8.49. The number of hydrogen-bond acceptors (Lipinski definition) is 3. The molecule has 5 heteroatoms. The molecule has 0 atom stereocenters. The molecule has 2 rings (SSSR count). The Balaban J connectivity index is 2.73. The van der Waals surface area contributed by atoms with Crippen LogP contribution >= 0.6 is 27.5 Å². The number of halogens is 2. The van der Waals surface area contributed by atoms with Crippen molar-refractivity contribution in [2.24, 2.45) is 5.73 Å². The molecule has 0 aliphatic carbocycles. The van der Waals surface area contributed by atoms with Gasteiger partial charge in [0.2, 0.25) is 0 Å². The monoisotopic (exact) mass is 271 g/mol. The first kappa shape index (κ1) is 9.83. The molecule has 0 amide bonds. The third kappa shape index (κ3) is 1.73. The summed E-state index contributed by atoms with van der Waals surface area (Å²) >= 11 is 9.24. The minimum absolute atomic E-state index is 0.300. The first-order chi connectivity index (χ1) is 6.70. The molecule has 0 radical (unpaired) electrons. The Morgan fingerprint density at radius 3 is 2.79 bits per heavy atom. The van der Waals surface area contributed by atoms with Crippen LogP contribution in [0.4, 0.5) is 0 Å². The normalized spacial score (nSPS) is 10.8. The number of hydrogen-bond donors (Lipinski definition) is 1. The number of fused-ring (bicyclic) bond motifs is 1. The van der Waals surface area contributed by atoms with E-state index in [2.05, 4.69) is 25.9 Å². The van der Waals surface area contributed by atoms with Crippen molar-refractivity contribution in [3.8, 4) is 0 Å². The molecule has 0 aliphatic rings. The summed E-state index contributed by atoms with van der Waals surface area (Å²) in [5.74, 6) is 0. The molecule has 1 heterocycles. The first-order valence-corrected chi connectivity index (χ1v) is 5.19. The van der Waals surface area contributed by atoms with Crippen molar-refractivity contribution in [3.63, 3.8) is 0 Å². The number of rotatable bonds is 1. The number of aromatic nitrogens is 2. The largest absolute Gasteiger partial charge is 0.325 e. The van der Waals surface area contributed by atoms with Crippen LogP contribution in [0.25, 0.3) is 11.0 Å². The molecule has 14 heavy (non-hydrogen) atoms. The van der Waals surface area contributed by atoms with Crippen LogP contribution in [-0.2, 0) is 6.54 Å². The number of benzene rings is 1. The van der Waals surface area contributed by atoms with E-state index in [0.29, 0.717) is 17.4 Å². The lowest BCUT2D eigenvalue weighted by Gasteiger charge is -2.02. The van der Waals surface area contributed by atoms with Crippen LogP contribution in [-0.4, -0.2) is 9.97 Å². The smallest absolute Gasteiger partial charge is 0.152 e. The Bertz CT molecular complexity index is 487. The Labute approximate surface area is 94.4 Å². The molecule has 0 fully saturated rings. The van der Waals surface area contributed by atoms with E-state index in [1.165, 1.54) is 0 Å². The van der Waals surface area contributed by atoms with Gasteiger partial charge in [0.25, 0.3) is 0 Å². The fourth-order valence-electron chi connectivity index (χ4n) is 1.17. The summed E-state index contributed by atoms with van der Waals surface area (Å²) in [5, 5.41) is 0.377. The van der Waals surface area contributed by atoms with Crippen molar-refractivity contribution >= 4 is 38.6 Å². The van der Waals surface area contributed by atoms with Gasteiger partial charge in [0.15, 0.2) is 5.15 Å². The molecule has 0 saturated carbocycles. The molecule has 0 saturated heterocycles. The van der Waals surface area contributed by atoms with Gasteiger partial charge in [-0.15, -0.1) is 0 Å². The zero-order chi connectivity index (χ0) is 10.1. The lowest BCUT2D eigenvalue weighted by Crippen LogP contribution is -2.02. The molecule has 0 bridgehead atoms. The molecule has 1 aromatic carbocycles. The SMILES string of the molecule is NCc1nc2cc(Br)ccc2nc1Cl. The summed E-state index contributed by atoms with van der Waals surface area (Å²) in [5.41, 5.74) is 7.67. The Kier molecular flexibility index (Phi) is 2.67. The lowest BCUT2D eigenvalue weighted by atomic mass is 10.3. The second-order valence-electron chi connectivity index (χ2n) is 2.80. The standard InChI is InChI=1S/C9H7BrClN3/c10-5-1-2-6-7(3-5)13-8(4-12)9(11)14-6/h1-3H,4,12H2. The zero-order valence-corrected chi connectivity index (χ0v) is 9.51. The summed E-state index contributed by atoms with van der Waals surface area (Å²) in [6.45, 7) is 0.300. The van der Waals surface area contributed by atoms with Crippen molar-refractivity contribution in [1.29, 1.82) is 0 Å². The topological polar surface area (TPSA) is 51.8 Å². The second kappa shape index (κ2) is 3.81. The maximum atomic E-state index is 5.88. The Morgan fingerprint density at radius 1 is 1.29 bits per heavy atom. The van der Waals surface area contributed by atoms with Gasteiger partial charge in [-0.3, -0.25) is 0 Å². The maximum absolute atomic E-state index is 5.88. The molecular weight excluding hydrogens is 265 g/mol. The zero-order valence-electron chi connectivity index (χ0n) is 7.17. The van der Waals surface area contributed by atoms with E-state index in [-0.39, 0.29) is 0 Å². The van der Waals surface area contributed by atoms with Gasteiger partial charge in [-0.2, -0.15) is 0 Å². The van der Waals surface area contributed by atoms with Gasteiger partial charge in [-0.25, -0.2) is 9.97 Å². The van der Waals surface area contributed by atoms with Gasteiger partial charge in [0.1, 0.15) is 0 Å². The van der Waals surface area contributed by atoms with E-state index in [1.54, 1.807) is 0 Å². The van der Waals surface area contributed by atoms with Crippen LogP contribution in [0.3, 0.4) is 0 Å². The molecule has 0 aliphatic heterocycles. The van der Waals surface area contributed by atoms with Gasteiger partial charge < -0.3 is 5.73 Å². The minimum atomic E-state index is 0.300. The van der Waals surface area contributed by atoms with Crippen molar-refractivity contribution in [3.05, 3.63) is 33.5 Å². The predicted molar refractivity (Wildman–Crippen MR) is 60.1 cm³/mol. The van der Waals surface area contributed by atoms with Gasteiger partial charge >= 0.3 is 0 Å². The molecule has 1 aromatic heterocycles. The highest BCUT2D eigenvalue weighted by Crippen LogP contribution is 2.20. The molecule has 2 aromatic rings. The Hall–Kier alpha value is -0.710. The maximum Gasteiger partial charge on any atom is 0.152 e. The average Bonchev–Trinajstić information content (AvgIpc) is 2.17. The van der Waals surface area contributed by atoms with E-state index >= 15 is 0 Å². The average molecular weight is 273 g/mol. The predicted octanol–water partition coefficient (Wildman–Crippen LogP) is 2.50. The highest BCUT2D eigenvalue weighted by molar-refractivity contribution is 9.10. The summed E-state index contributed by atoms with van der Waals surface area (Å²) in [7, 11) is 0. The lowest BCUT2D eigenvalue weighted by molar-refractivity contribution is 0.988. The van der Waals surface area contributed by atoms with Crippen molar-refractivity contribution in [2.75, 3.05) is 0 Å². The number of nitrogens with two attached hydrogens (primary N) is 1. The van der Waals surface area contributed by atoms with E-state index < -0.39 is 0 Å². The molecule has 0 spiro atoms. The van der Waals surface area contributed by atoms with E-state index in [1.807, 2.05) is 18.2 Å². The van der Waals surface area contributed by atoms with E-state index in [4.69, 9.17) is 17.3 Å². The van der Waals surface area contributed by atoms with E-state index in [0.717, 1.165) is 15.5 Å². The summed E-state index contributed by atoms with van der Waals surface area (Å²) < 4.78 is 0.963. The van der Waals surface area contributed by atoms with Gasteiger partial charge in [0, 0.05) is 11.0 Å². The minimum Gasteiger partial charge on any atom is -0.325 e. The first-order valence-electron chi connectivity index (χ1n) is 4.02. The third-order valence-electron chi connectivity index (χ3n) is 1.84. The second-order valence-corrected chi connectivity index (χ2v) is 4.07. The highest BCUT2D eigenvalue weighted by atomic mass is 79.9. The molecular formula is C9H7BrClN3. The fourth-order valence-corrected chi connectivity index (χ4v) is 1.73. The van der Waals surface area contributed by atoms with E-state index in [9.17, 15) is 0 Å². The molecule has 2 N–H and O–H groups in total. The van der Waals surface area contributed by atoms with Crippen LogP contribution in [0.1, 0.15) is 5.69 Å². The summed E-state index contributed by atoms with van der Waals surface area (Å²) in [6, 6.07) is 5.64. The molecule has 3 nitrogen and oxygen atoms in total. The van der Waals surface area contributed by atoms with Crippen LogP contribution in [0, 0.1) is 0 Å². The Morgan fingerprint density at radius 2 is 2.07 bits per heavy atom. The van der Waals surface area contributed by atoms with Crippen LogP contribution in [0.15, 0.2) is 22.7 Å². The van der Waals surface area contributed by atoms with Crippen molar-refractivity contribution in [1.82, 2.24) is 9.97 Å². The number of nitrogens with zero attached hydrogens (tertiary/aromatic N) is 2. The van der Waals surface area contributed by atoms with Gasteiger partial charge in [0.05, 0.1) is 16.7 Å².